The van der Waals surface area contributed by atoms with Gasteiger partial charge >= 0.3 is 0 Å². The maximum absolute atomic E-state index is 11.5. The molecule has 0 radical (unpaired) electrons. The summed E-state index contributed by atoms with van der Waals surface area (Å²) in [5.74, 6) is 2.54. The van der Waals surface area contributed by atoms with Crippen LogP contribution in [0.3, 0.4) is 0 Å². The van der Waals surface area contributed by atoms with E-state index in [4.69, 9.17) is 6.42 Å². The van der Waals surface area contributed by atoms with Crippen molar-refractivity contribution in [1.82, 2.24) is 0 Å². The second-order valence-electron chi connectivity index (χ2n) is 3.11. The van der Waals surface area contributed by atoms with Gasteiger partial charge in [-0.3, -0.25) is 4.72 Å². The second kappa shape index (κ2) is 4.85. The van der Waals surface area contributed by atoms with Gasteiger partial charge in [-0.1, -0.05) is 25.0 Å². The molecule has 0 saturated carbocycles. The van der Waals surface area contributed by atoms with Gasteiger partial charge in [0, 0.05) is 5.56 Å². The first-order valence-corrected chi connectivity index (χ1v) is 6.30. The number of hydrogen-bond donors (Lipinski definition) is 1. The molecule has 0 fully saturated rings. The Hall–Kier alpha value is -1.47. The summed E-state index contributed by atoms with van der Waals surface area (Å²) in [6.07, 6.45) is 5.84. The van der Waals surface area contributed by atoms with E-state index in [1.807, 2.05) is 6.92 Å². The number of terminal acetylenes is 1. The van der Waals surface area contributed by atoms with Crippen LogP contribution in [0.2, 0.25) is 0 Å². The topological polar surface area (TPSA) is 46.2 Å². The fourth-order valence-electron chi connectivity index (χ4n) is 1.19. The average Bonchev–Trinajstić information content (AvgIpc) is 2.17. The molecule has 0 aliphatic heterocycles. The number of anilines is 1. The van der Waals surface area contributed by atoms with Crippen LogP contribution < -0.4 is 4.72 Å². The summed E-state index contributed by atoms with van der Waals surface area (Å²) in [5.41, 5.74) is 1.02. The smallest absolute Gasteiger partial charge is 0.232 e. The van der Waals surface area contributed by atoms with E-state index < -0.39 is 10.0 Å². The van der Waals surface area contributed by atoms with Crippen molar-refractivity contribution in [3.63, 3.8) is 0 Å². The van der Waals surface area contributed by atoms with Gasteiger partial charge in [-0.25, -0.2) is 8.42 Å². The molecule has 0 bridgehead atoms. The molecule has 0 aliphatic carbocycles. The van der Waals surface area contributed by atoms with Crippen LogP contribution in [0.1, 0.15) is 18.9 Å². The lowest BCUT2D eigenvalue weighted by molar-refractivity contribution is 0.600. The minimum Gasteiger partial charge on any atom is -0.282 e. The standard InChI is InChI=1S/C11H13NO2S/c1-3-9-15(13,14)12-11-8-6-5-7-10(11)4-2/h2,5-8,12H,3,9H2,1H3. The van der Waals surface area contributed by atoms with Gasteiger partial charge in [0.25, 0.3) is 0 Å². The van der Waals surface area contributed by atoms with Crippen LogP contribution in [0.5, 0.6) is 0 Å². The van der Waals surface area contributed by atoms with Crippen molar-refractivity contribution in [3.8, 4) is 12.3 Å². The molecule has 0 aromatic heterocycles. The van der Waals surface area contributed by atoms with E-state index in [1.54, 1.807) is 24.3 Å². The van der Waals surface area contributed by atoms with Gasteiger partial charge in [0.15, 0.2) is 0 Å². The number of para-hydroxylation sites is 1. The van der Waals surface area contributed by atoms with Crippen molar-refractivity contribution in [2.24, 2.45) is 0 Å². The molecule has 1 aromatic rings. The molecule has 0 saturated heterocycles. The molecular weight excluding hydrogens is 210 g/mol. The Morgan fingerprint density at radius 1 is 1.40 bits per heavy atom. The predicted molar refractivity (Wildman–Crippen MR) is 62.1 cm³/mol. The Morgan fingerprint density at radius 2 is 2.07 bits per heavy atom. The fourth-order valence-corrected chi connectivity index (χ4v) is 2.34. The highest BCUT2D eigenvalue weighted by Crippen LogP contribution is 2.15. The van der Waals surface area contributed by atoms with Gasteiger partial charge < -0.3 is 0 Å². The van der Waals surface area contributed by atoms with E-state index in [1.165, 1.54) is 0 Å². The molecule has 80 valence electrons. The van der Waals surface area contributed by atoms with Crippen molar-refractivity contribution in [3.05, 3.63) is 29.8 Å². The maximum Gasteiger partial charge on any atom is 0.232 e. The van der Waals surface area contributed by atoms with Gasteiger partial charge in [0.1, 0.15) is 0 Å². The minimum absolute atomic E-state index is 0.103. The zero-order chi connectivity index (χ0) is 11.3. The van der Waals surface area contributed by atoms with Gasteiger partial charge in [-0.05, 0) is 18.6 Å². The lowest BCUT2D eigenvalue weighted by atomic mass is 10.2. The Bertz CT molecular complexity index is 472. The molecule has 15 heavy (non-hydrogen) atoms. The Balaban J connectivity index is 2.96. The fraction of sp³-hybridized carbons (Fsp3) is 0.273. The van der Waals surface area contributed by atoms with Gasteiger partial charge in [0.05, 0.1) is 11.4 Å². The summed E-state index contributed by atoms with van der Waals surface area (Å²) in [5, 5.41) is 0. The highest BCUT2D eigenvalue weighted by Gasteiger charge is 2.10. The summed E-state index contributed by atoms with van der Waals surface area (Å²) in [4.78, 5) is 0. The third kappa shape index (κ3) is 3.30. The van der Waals surface area contributed by atoms with Crippen molar-refractivity contribution in [1.29, 1.82) is 0 Å². The van der Waals surface area contributed by atoms with Crippen molar-refractivity contribution < 1.29 is 8.42 Å². The second-order valence-corrected chi connectivity index (χ2v) is 4.95. The molecule has 0 unspecified atom stereocenters. The summed E-state index contributed by atoms with van der Waals surface area (Å²) < 4.78 is 25.4. The van der Waals surface area contributed by atoms with E-state index in [-0.39, 0.29) is 5.75 Å². The normalized spacial score (nSPS) is 10.7. The number of benzene rings is 1. The molecule has 1 N–H and O–H groups in total. The summed E-state index contributed by atoms with van der Waals surface area (Å²) in [6.45, 7) is 1.81. The molecular formula is C11H13NO2S. The molecule has 4 heteroatoms. The largest absolute Gasteiger partial charge is 0.282 e. The highest BCUT2D eigenvalue weighted by atomic mass is 32.2. The summed E-state index contributed by atoms with van der Waals surface area (Å²) in [7, 11) is -3.26. The van der Waals surface area contributed by atoms with Crippen molar-refractivity contribution >= 4 is 15.7 Å². The highest BCUT2D eigenvalue weighted by molar-refractivity contribution is 7.92. The van der Waals surface area contributed by atoms with Crippen LogP contribution in [0, 0.1) is 12.3 Å². The first-order chi connectivity index (χ1) is 7.09. The number of sulfonamides is 1. The SMILES string of the molecule is C#Cc1ccccc1NS(=O)(=O)CCC. The minimum atomic E-state index is -3.26. The molecule has 1 rings (SSSR count). The summed E-state index contributed by atoms with van der Waals surface area (Å²) >= 11 is 0. The average molecular weight is 223 g/mol. The van der Waals surface area contributed by atoms with E-state index in [0.717, 1.165) is 0 Å². The summed E-state index contributed by atoms with van der Waals surface area (Å²) in [6, 6.07) is 6.86. The van der Waals surface area contributed by atoms with E-state index in [9.17, 15) is 8.42 Å². The zero-order valence-corrected chi connectivity index (χ0v) is 9.34. The van der Waals surface area contributed by atoms with E-state index >= 15 is 0 Å². The Labute approximate surface area is 90.6 Å². The molecule has 0 atom stereocenters. The number of nitrogens with one attached hydrogen (secondary N) is 1. The number of hydrogen-bond acceptors (Lipinski definition) is 2. The van der Waals surface area contributed by atoms with Gasteiger partial charge in [0.2, 0.25) is 10.0 Å². The Kier molecular flexibility index (Phi) is 3.75. The van der Waals surface area contributed by atoms with Crippen molar-refractivity contribution in [2.45, 2.75) is 13.3 Å². The molecule has 0 spiro atoms. The van der Waals surface area contributed by atoms with Crippen LogP contribution in [-0.2, 0) is 10.0 Å². The van der Waals surface area contributed by atoms with Gasteiger partial charge in [-0.15, -0.1) is 6.42 Å². The van der Waals surface area contributed by atoms with Crippen LogP contribution in [-0.4, -0.2) is 14.2 Å². The van der Waals surface area contributed by atoms with Crippen LogP contribution >= 0.6 is 0 Å². The monoisotopic (exact) mass is 223 g/mol. The quantitative estimate of drug-likeness (QED) is 0.791. The van der Waals surface area contributed by atoms with Crippen molar-refractivity contribution in [2.75, 3.05) is 10.5 Å². The third-order valence-corrected chi connectivity index (χ3v) is 3.30. The van der Waals surface area contributed by atoms with Gasteiger partial charge in [-0.2, -0.15) is 0 Å². The van der Waals surface area contributed by atoms with Crippen LogP contribution in [0.15, 0.2) is 24.3 Å². The van der Waals surface area contributed by atoms with E-state index in [2.05, 4.69) is 10.6 Å². The molecule has 0 aliphatic rings. The lowest BCUT2D eigenvalue weighted by Gasteiger charge is -2.08. The Morgan fingerprint density at radius 3 is 2.67 bits per heavy atom. The number of rotatable bonds is 4. The lowest BCUT2D eigenvalue weighted by Crippen LogP contribution is -2.16. The third-order valence-electron chi connectivity index (χ3n) is 1.82. The molecule has 0 amide bonds. The maximum atomic E-state index is 11.5. The molecule has 0 heterocycles. The molecule has 1 aromatic carbocycles. The predicted octanol–water partition coefficient (Wildman–Crippen LogP) is 1.82. The van der Waals surface area contributed by atoms with Crippen LogP contribution in [0.25, 0.3) is 0 Å². The van der Waals surface area contributed by atoms with E-state index in [0.29, 0.717) is 17.7 Å². The van der Waals surface area contributed by atoms with Crippen LogP contribution in [0.4, 0.5) is 5.69 Å². The first-order valence-electron chi connectivity index (χ1n) is 4.65. The first kappa shape index (κ1) is 11.6. The zero-order valence-electron chi connectivity index (χ0n) is 8.53. The molecule has 3 nitrogen and oxygen atoms in total.